The number of aryl methyl sites for hydroxylation is 1. The third-order valence-electron chi connectivity index (χ3n) is 4.78. The number of aromatic nitrogens is 1. The normalized spacial score (nSPS) is 12.8. The van der Waals surface area contributed by atoms with E-state index in [0.717, 1.165) is 5.56 Å². The van der Waals surface area contributed by atoms with Crippen LogP contribution in [0.2, 0.25) is 0 Å². The van der Waals surface area contributed by atoms with Gasteiger partial charge in [-0.3, -0.25) is 4.98 Å². The highest BCUT2D eigenvalue weighted by Crippen LogP contribution is 2.48. The number of halogens is 1. The number of hydrogen-bond donors (Lipinski definition) is 1. The summed E-state index contributed by atoms with van der Waals surface area (Å²) in [6, 6.07) is 6.30. The summed E-state index contributed by atoms with van der Waals surface area (Å²) in [6.07, 6.45) is 2.25. The summed E-state index contributed by atoms with van der Waals surface area (Å²) in [7, 11) is 1.60. The van der Waals surface area contributed by atoms with Crippen molar-refractivity contribution in [3.63, 3.8) is 0 Å². The van der Waals surface area contributed by atoms with E-state index in [2.05, 4.69) is 4.98 Å². The van der Waals surface area contributed by atoms with Crippen LogP contribution >= 0.6 is 0 Å². The molecule has 0 bridgehead atoms. The van der Waals surface area contributed by atoms with Crippen LogP contribution in [0.3, 0.4) is 0 Å². The van der Waals surface area contributed by atoms with Crippen LogP contribution in [-0.4, -0.2) is 38.5 Å². The zero-order valence-electron chi connectivity index (χ0n) is 16.9. The number of methoxy groups -OCH3 is 1. The number of pyridine rings is 1. The first-order valence-electron chi connectivity index (χ1n) is 9.71. The first-order chi connectivity index (χ1) is 14.6. The average molecular weight is 414 g/mol. The second-order valence-corrected chi connectivity index (χ2v) is 6.71. The van der Waals surface area contributed by atoms with Gasteiger partial charge in [0.15, 0.2) is 23.1 Å². The number of hydrogen-bond acceptors (Lipinski definition) is 7. The molecule has 0 unspecified atom stereocenters. The molecule has 8 heteroatoms. The first kappa shape index (κ1) is 20.0. The zero-order valence-corrected chi connectivity index (χ0v) is 16.9. The number of ether oxygens (including phenoxy) is 5. The third kappa shape index (κ3) is 3.78. The smallest absolute Gasteiger partial charge is 0.204 e. The molecule has 0 amide bonds. The van der Waals surface area contributed by atoms with E-state index in [1.54, 1.807) is 31.5 Å². The Kier molecular flexibility index (Phi) is 5.76. The van der Waals surface area contributed by atoms with E-state index < -0.39 is 5.82 Å². The van der Waals surface area contributed by atoms with Crippen LogP contribution < -0.4 is 24.7 Å². The lowest BCUT2D eigenvalue weighted by Gasteiger charge is -2.23. The molecule has 3 aromatic rings. The lowest BCUT2D eigenvalue weighted by Crippen LogP contribution is -2.17. The number of nitrogens with zero attached hydrogens (tertiary/aromatic N) is 1. The van der Waals surface area contributed by atoms with Gasteiger partial charge in [0.25, 0.3) is 0 Å². The highest BCUT2D eigenvalue weighted by Gasteiger charge is 2.25. The molecule has 0 fully saturated rings. The Hall–Kier alpha value is -3.26. The van der Waals surface area contributed by atoms with Crippen molar-refractivity contribution in [2.45, 2.75) is 13.3 Å². The van der Waals surface area contributed by atoms with Crippen molar-refractivity contribution in [3.8, 4) is 28.7 Å². The summed E-state index contributed by atoms with van der Waals surface area (Å²) in [5, 5.41) is 0.584. The van der Waals surface area contributed by atoms with E-state index in [0.29, 0.717) is 72.4 Å². The molecule has 4 rings (SSSR count). The number of benzene rings is 2. The standard InChI is InChI=1S/C22H23FN2O5/c1-3-13-10-18(14(23)11-15(13)24)30-17-4-5-25-16-12-19(27-7-6-26-2)21-22(20(16)17)29-9-8-28-21/h4-5,10-12H,3,6-9,24H2,1-2H3. The Morgan fingerprint density at radius 2 is 1.87 bits per heavy atom. The molecule has 1 aromatic heterocycles. The highest BCUT2D eigenvalue weighted by atomic mass is 19.1. The molecule has 0 saturated carbocycles. The number of anilines is 1. The molecule has 30 heavy (non-hydrogen) atoms. The monoisotopic (exact) mass is 414 g/mol. The Balaban J connectivity index is 1.80. The SMILES string of the molecule is CCc1cc(Oc2ccnc3cc(OCCOC)c4c(c23)OCCO4)c(F)cc1N. The molecule has 0 radical (unpaired) electrons. The van der Waals surface area contributed by atoms with Crippen LogP contribution in [0, 0.1) is 5.82 Å². The van der Waals surface area contributed by atoms with Crippen molar-refractivity contribution in [2.24, 2.45) is 0 Å². The molecule has 158 valence electrons. The van der Waals surface area contributed by atoms with Crippen LogP contribution in [0.15, 0.2) is 30.5 Å². The topological polar surface area (TPSA) is 85.1 Å². The van der Waals surface area contributed by atoms with Crippen LogP contribution in [0.25, 0.3) is 10.9 Å². The van der Waals surface area contributed by atoms with Gasteiger partial charge in [-0.2, -0.15) is 0 Å². The number of fused-ring (bicyclic) bond motifs is 3. The van der Waals surface area contributed by atoms with E-state index in [-0.39, 0.29) is 5.75 Å². The molecule has 7 nitrogen and oxygen atoms in total. The van der Waals surface area contributed by atoms with Crippen molar-refractivity contribution >= 4 is 16.6 Å². The van der Waals surface area contributed by atoms with Crippen molar-refractivity contribution in [1.29, 1.82) is 0 Å². The molecule has 2 heterocycles. The molecular formula is C22H23FN2O5. The van der Waals surface area contributed by atoms with Crippen molar-refractivity contribution < 1.29 is 28.1 Å². The molecule has 0 saturated heterocycles. The summed E-state index contributed by atoms with van der Waals surface area (Å²) in [6.45, 7) is 3.49. The van der Waals surface area contributed by atoms with Gasteiger partial charge in [0, 0.05) is 31.1 Å². The van der Waals surface area contributed by atoms with Crippen molar-refractivity contribution in [3.05, 3.63) is 41.8 Å². The first-order valence-corrected chi connectivity index (χ1v) is 9.71. The van der Waals surface area contributed by atoms with Gasteiger partial charge in [-0.1, -0.05) is 6.92 Å². The molecule has 1 aliphatic heterocycles. The average Bonchev–Trinajstić information content (AvgIpc) is 2.75. The predicted octanol–water partition coefficient (Wildman–Crippen LogP) is 4.11. The lowest BCUT2D eigenvalue weighted by molar-refractivity contribution is 0.134. The fourth-order valence-corrected chi connectivity index (χ4v) is 3.31. The second kappa shape index (κ2) is 8.62. The fourth-order valence-electron chi connectivity index (χ4n) is 3.31. The Labute approximate surface area is 173 Å². The summed E-state index contributed by atoms with van der Waals surface area (Å²) >= 11 is 0. The summed E-state index contributed by atoms with van der Waals surface area (Å²) < 4.78 is 43.0. The van der Waals surface area contributed by atoms with Crippen molar-refractivity contribution in [1.82, 2.24) is 4.98 Å². The maximum absolute atomic E-state index is 14.5. The minimum atomic E-state index is -0.541. The van der Waals surface area contributed by atoms with Gasteiger partial charge in [-0.15, -0.1) is 0 Å². The van der Waals surface area contributed by atoms with E-state index in [9.17, 15) is 4.39 Å². The van der Waals surface area contributed by atoms with E-state index in [1.165, 1.54) is 6.07 Å². The minimum absolute atomic E-state index is 0.0828. The second-order valence-electron chi connectivity index (χ2n) is 6.71. The number of nitrogen functional groups attached to an aromatic ring is 1. The quantitative estimate of drug-likeness (QED) is 0.460. The summed E-state index contributed by atoms with van der Waals surface area (Å²) in [5.41, 5.74) is 7.66. The van der Waals surface area contributed by atoms with Gasteiger partial charge in [0.05, 0.1) is 17.5 Å². The molecule has 0 atom stereocenters. The fraction of sp³-hybridized carbons (Fsp3) is 0.318. The largest absolute Gasteiger partial charge is 0.487 e. The van der Waals surface area contributed by atoms with Gasteiger partial charge < -0.3 is 29.4 Å². The van der Waals surface area contributed by atoms with Crippen LogP contribution in [0.4, 0.5) is 10.1 Å². The minimum Gasteiger partial charge on any atom is -0.487 e. The van der Waals surface area contributed by atoms with Gasteiger partial charge in [0.1, 0.15) is 25.6 Å². The van der Waals surface area contributed by atoms with Gasteiger partial charge in [-0.25, -0.2) is 4.39 Å². The van der Waals surface area contributed by atoms with E-state index >= 15 is 0 Å². The molecule has 0 spiro atoms. The van der Waals surface area contributed by atoms with Crippen LogP contribution in [-0.2, 0) is 11.2 Å². The van der Waals surface area contributed by atoms with Crippen LogP contribution in [0.5, 0.6) is 28.7 Å². The third-order valence-corrected chi connectivity index (χ3v) is 4.78. The summed E-state index contributed by atoms with van der Waals surface area (Å²) in [4.78, 5) is 4.41. The highest BCUT2D eigenvalue weighted by molar-refractivity contribution is 5.95. The molecule has 1 aliphatic rings. The maximum atomic E-state index is 14.5. The van der Waals surface area contributed by atoms with Crippen LogP contribution in [0.1, 0.15) is 12.5 Å². The van der Waals surface area contributed by atoms with Crippen molar-refractivity contribution in [2.75, 3.05) is 39.3 Å². The van der Waals surface area contributed by atoms with E-state index in [1.807, 2.05) is 6.92 Å². The Morgan fingerprint density at radius 3 is 2.63 bits per heavy atom. The molecular weight excluding hydrogens is 391 g/mol. The van der Waals surface area contributed by atoms with Gasteiger partial charge >= 0.3 is 0 Å². The summed E-state index contributed by atoms with van der Waals surface area (Å²) in [5.74, 6) is 1.37. The Morgan fingerprint density at radius 1 is 1.07 bits per heavy atom. The molecule has 2 aromatic carbocycles. The predicted molar refractivity (Wildman–Crippen MR) is 110 cm³/mol. The van der Waals surface area contributed by atoms with Gasteiger partial charge in [-0.05, 0) is 24.1 Å². The maximum Gasteiger partial charge on any atom is 0.204 e. The lowest BCUT2D eigenvalue weighted by atomic mass is 10.1. The van der Waals surface area contributed by atoms with E-state index in [4.69, 9.17) is 29.4 Å². The molecule has 2 N–H and O–H groups in total. The zero-order chi connectivity index (χ0) is 21.1. The molecule has 0 aliphatic carbocycles. The van der Waals surface area contributed by atoms with Gasteiger partial charge in [0.2, 0.25) is 5.75 Å². The number of rotatable bonds is 7. The number of nitrogens with two attached hydrogens (primary N) is 1. The Bertz CT molecular complexity index is 1070.